The molecule has 0 fully saturated rings. The third-order valence-electron chi connectivity index (χ3n) is 3.63. The van der Waals surface area contributed by atoms with Crippen LogP contribution in [0.15, 0.2) is 40.5 Å². The largest absolute Gasteiger partial charge is 0.310 e. The van der Waals surface area contributed by atoms with Gasteiger partial charge in [-0.2, -0.15) is 10.2 Å². The van der Waals surface area contributed by atoms with Crippen molar-refractivity contribution in [2.75, 3.05) is 25.7 Å². The molecule has 1 aromatic carbocycles. The molecule has 23 heavy (non-hydrogen) atoms. The van der Waals surface area contributed by atoms with E-state index in [4.69, 9.17) is 0 Å². The van der Waals surface area contributed by atoms with Gasteiger partial charge in [-0.15, -0.1) is 0 Å². The molecule has 0 saturated carbocycles. The third kappa shape index (κ3) is 2.59. The molecule has 0 aliphatic carbocycles. The molecular weight excluding hydrogens is 298 g/mol. The molecule has 1 aromatic rings. The topological polar surface area (TPSA) is 85.6 Å². The van der Waals surface area contributed by atoms with Crippen molar-refractivity contribution in [3.8, 4) is 0 Å². The van der Waals surface area contributed by atoms with Gasteiger partial charge in [-0.25, -0.2) is 5.01 Å². The SMILES string of the molecule is CN1CN(c2ccccc2)C(=O)C(C2C=NN(C)C(=O)C2=O)=N1. The van der Waals surface area contributed by atoms with E-state index < -0.39 is 23.5 Å². The minimum Gasteiger partial charge on any atom is -0.288 e. The van der Waals surface area contributed by atoms with Gasteiger partial charge in [0, 0.05) is 26.0 Å². The van der Waals surface area contributed by atoms with Crippen molar-refractivity contribution in [1.29, 1.82) is 0 Å². The molecule has 0 radical (unpaired) electrons. The van der Waals surface area contributed by atoms with Gasteiger partial charge >= 0.3 is 5.91 Å². The number of hydrazone groups is 2. The Hall–Kier alpha value is -3.03. The first-order valence-electron chi connectivity index (χ1n) is 7.01. The highest BCUT2D eigenvalue weighted by Crippen LogP contribution is 2.20. The van der Waals surface area contributed by atoms with Crippen LogP contribution in [-0.2, 0) is 14.4 Å². The number of ketones is 1. The fraction of sp³-hybridized carbons (Fsp3) is 0.267. The predicted molar refractivity (Wildman–Crippen MR) is 83.8 cm³/mol. The second-order valence-electron chi connectivity index (χ2n) is 5.29. The van der Waals surface area contributed by atoms with Crippen LogP contribution in [0.4, 0.5) is 5.69 Å². The lowest BCUT2D eigenvalue weighted by atomic mass is 9.96. The Labute approximate surface area is 132 Å². The number of carbonyl (C=O) groups excluding carboxylic acids is 3. The Kier molecular flexibility index (Phi) is 3.65. The van der Waals surface area contributed by atoms with Gasteiger partial charge in [0.1, 0.15) is 18.3 Å². The summed E-state index contributed by atoms with van der Waals surface area (Å²) in [7, 11) is 3.08. The molecule has 1 unspecified atom stereocenters. The molecule has 0 aromatic heterocycles. The average molecular weight is 313 g/mol. The van der Waals surface area contributed by atoms with Crippen LogP contribution in [0.1, 0.15) is 0 Å². The Morgan fingerprint density at radius 3 is 2.43 bits per heavy atom. The first-order valence-corrected chi connectivity index (χ1v) is 7.01. The number of likely N-dealkylation sites (N-methyl/N-ethyl adjacent to an activating group) is 1. The molecule has 3 rings (SSSR count). The van der Waals surface area contributed by atoms with Crippen LogP contribution in [0, 0.1) is 5.92 Å². The highest BCUT2D eigenvalue weighted by molar-refractivity contribution is 6.57. The van der Waals surface area contributed by atoms with Gasteiger partial charge in [-0.05, 0) is 12.1 Å². The van der Waals surface area contributed by atoms with Gasteiger partial charge in [0.05, 0.1) is 0 Å². The van der Waals surface area contributed by atoms with Gasteiger partial charge in [0.15, 0.2) is 0 Å². The summed E-state index contributed by atoms with van der Waals surface area (Å²) in [6.07, 6.45) is 1.28. The fourth-order valence-corrected chi connectivity index (χ4v) is 2.44. The maximum atomic E-state index is 12.7. The minimum atomic E-state index is -1.06. The lowest BCUT2D eigenvalue weighted by Crippen LogP contribution is -2.53. The first-order chi connectivity index (χ1) is 11.0. The van der Waals surface area contributed by atoms with Crippen LogP contribution < -0.4 is 4.90 Å². The van der Waals surface area contributed by atoms with Crippen LogP contribution in [0.25, 0.3) is 0 Å². The molecule has 2 aliphatic heterocycles. The normalized spacial score (nSPS) is 21.8. The lowest BCUT2D eigenvalue weighted by Gasteiger charge is -2.33. The summed E-state index contributed by atoms with van der Waals surface area (Å²) in [5.74, 6) is -2.93. The zero-order valence-corrected chi connectivity index (χ0v) is 12.7. The number of hydrogen-bond acceptors (Lipinski definition) is 6. The third-order valence-corrected chi connectivity index (χ3v) is 3.63. The van der Waals surface area contributed by atoms with Crippen LogP contribution in [0.5, 0.6) is 0 Å². The molecule has 118 valence electrons. The number of Topliss-reactive ketones (excluding diaryl/α,β-unsaturated/α-hetero) is 1. The quantitative estimate of drug-likeness (QED) is 0.715. The highest BCUT2D eigenvalue weighted by atomic mass is 16.2. The molecule has 8 nitrogen and oxygen atoms in total. The molecule has 0 saturated heterocycles. The number of benzene rings is 1. The smallest absolute Gasteiger partial charge is 0.288 e. The number of amides is 2. The lowest BCUT2D eigenvalue weighted by molar-refractivity contribution is -0.144. The van der Waals surface area contributed by atoms with Crippen molar-refractivity contribution < 1.29 is 14.4 Å². The molecule has 0 bridgehead atoms. The summed E-state index contributed by atoms with van der Waals surface area (Å²) in [6.45, 7) is 0.262. The summed E-state index contributed by atoms with van der Waals surface area (Å²) in [5.41, 5.74) is 0.693. The molecule has 0 N–H and O–H groups in total. The van der Waals surface area contributed by atoms with E-state index in [0.717, 1.165) is 5.01 Å². The molecule has 8 heteroatoms. The number of para-hydroxylation sites is 1. The summed E-state index contributed by atoms with van der Waals surface area (Å²) >= 11 is 0. The summed E-state index contributed by atoms with van der Waals surface area (Å²) in [4.78, 5) is 38.2. The van der Waals surface area contributed by atoms with Crippen molar-refractivity contribution >= 4 is 35.2 Å². The Morgan fingerprint density at radius 2 is 1.74 bits per heavy atom. The molecule has 0 spiro atoms. The van der Waals surface area contributed by atoms with Crippen molar-refractivity contribution in [3.05, 3.63) is 30.3 Å². The monoisotopic (exact) mass is 313 g/mol. The number of carbonyl (C=O) groups is 3. The van der Waals surface area contributed by atoms with E-state index >= 15 is 0 Å². The maximum absolute atomic E-state index is 12.7. The van der Waals surface area contributed by atoms with Crippen molar-refractivity contribution in [2.24, 2.45) is 16.1 Å². The standard InChI is InChI=1S/C15H15N5O3/c1-18-9-20(10-6-4-3-5-7-10)14(22)12(17-18)11-8-16-19(2)15(23)13(11)21/h3-8,11H,9H2,1-2H3. The van der Waals surface area contributed by atoms with E-state index in [9.17, 15) is 14.4 Å². The van der Waals surface area contributed by atoms with E-state index in [1.165, 1.54) is 18.2 Å². The average Bonchev–Trinajstić information content (AvgIpc) is 2.56. The van der Waals surface area contributed by atoms with Gasteiger partial charge in [0.2, 0.25) is 5.78 Å². The number of rotatable bonds is 2. The zero-order chi connectivity index (χ0) is 16.6. The van der Waals surface area contributed by atoms with E-state index in [1.807, 2.05) is 18.2 Å². The molecule has 2 amide bonds. The van der Waals surface area contributed by atoms with Crippen molar-refractivity contribution in [2.45, 2.75) is 0 Å². The number of anilines is 1. The van der Waals surface area contributed by atoms with Crippen LogP contribution in [0.2, 0.25) is 0 Å². The Morgan fingerprint density at radius 1 is 1.04 bits per heavy atom. The summed E-state index contributed by atoms with van der Waals surface area (Å²) < 4.78 is 0. The molecule has 1 atom stereocenters. The molecular formula is C15H15N5O3. The highest BCUT2D eigenvalue weighted by Gasteiger charge is 2.40. The maximum Gasteiger partial charge on any atom is 0.310 e. The fourth-order valence-electron chi connectivity index (χ4n) is 2.44. The predicted octanol–water partition coefficient (Wildman–Crippen LogP) is -0.0784. The van der Waals surface area contributed by atoms with Gasteiger partial charge in [-0.3, -0.25) is 24.3 Å². The minimum absolute atomic E-state index is 0.00203. The molecule has 2 heterocycles. The van der Waals surface area contributed by atoms with Crippen LogP contribution in [-0.4, -0.2) is 60.3 Å². The van der Waals surface area contributed by atoms with E-state index in [1.54, 1.807) is 24.2 Å². The van der Waals surface area contributed by atoms with Gasteiger partial charge in [0.25, 0.3) is 5.91 Å². The van der Waals surface area contributed by atoms with Gasteiger partial charge in [-0.1, -0.05) is 18.2 Å². The van der Waals surface area contributed by atoms with E-state index in [-0.39, 0.29) is 12.4 Å². The van der Waals surface area contributed by atoms with Gasteiger partial charge < -0.3 is 0 Å². The number of hydrogen-bond donors (Lipinski definition) is 0. The number of nitrogens with zero attached hydrogens (tertiary/aromatic N) is 5. The summed E-state index contributed by atoms with van der Waals surface area (Å²) in [6, 6.07) is 9.08. The Bertz CT molecular complexity index is 728. The van der Waals surface area contributed by atoms with E-state index in [0.29, 0.717) is 5.69 Å². The first kappa shape index (κ1) is 14.9. The van der Waals surface area contributed by atoms with Crippen LogP contribution in [0.3, 0.4) is 0 Å². The second kappa shape index (κ2) is 5.64. The zero-order valence-electron chi connectivity index (χ0n) is 12.7. The van der Waals surface area contributed by atoms with Crippen LogP contribution >= 0.6 is 0 Å². The van der Waals surface area contributed by atoms with E-state index in [2.05, 4.69) is 10.2 Å². The molecule has 2 aliphatic rings. The van der Waals surface area contributed by atoms with Crippen molar-refractivity contribution in [1.82, 2.24) is 10.0 Å². The Balaban J connectivity index is 1.96. The second-order valence-corrected chi connectivity index (χ2v) is 5.29. The van der Waals surface area contributed by atoms with Crippen molar-refractivity contribution in [3.63, 3.8) is 0 Å². The summed E-state index contributed by atoms with van der Waals surface area (Å²) in [5, 5.41) is 10.5.